The van der Waals surface area contributed by atoms with Crippen LogP contribution in [0, 0.1) is 6.92 Å². The van der Waals surface area contributed by atoms with Crippen molar-refractivity contribution in [1.82, 2.24) is 14.5 Å². The Labute approximate surface area is 139 Å². The van der Waals surface area contributed by atoms with Gasteiger partial charge in [-0.05, 0) is 31.0 Å². The van der Waals surface area contributed by atoms with Gasteiger partial charge in [0.25, 0.3) is 0 Å². The SMILES string of the molecule is CCc1nc(CS(=O)(=O)c2nccn2-c2cccc(C)c2)cs1. The summed E-state index contributed by atoms with van der Waals surface area (Å²) in [7, 11) is -3.56. The number of aromatic nitrogens is 3. The minimum absolute atomic E-state index is 0.0501. The predicted molar refractivity (Wildman–Crippen MR) is 90.7 cm³/mol. The fourth-order valence-corrected chi connectivity index (χ4v) is 4.54. The highest BCUT2D eigenvalue weighted by molar-refractivity contribution is 7.90. The lowest BCUT2D eigenvalue weighted by Gasteiger charge is -2.08. The molecule has 7 heteroatoms. The molecule has 0 N–H and O–H groups in total. The number of thiazole rings is 1. The van der Waals surface area contributed by atoms with Crippen LogP contribution in [0.1, 0.15) is 23.2 Å². The number of benzene rings is 1. The van der Waals surface area contributed by atoms with Crippen LogP contribution in [0.4, 0.5) is 0 Å². The molecule has 0 fully saturated rings. The molecule has 3 rings (SSSR count). The van der Waals surface area contributed by atoms with Gasteiger partial charge in [0.1, 0.15) is 5.75 Å². The van der Waals surface area contributed by atoms with Gasteiger partial charge >= 0.3 is 0 Å². The van der Waals surface area contributed by atoms with Gasteiger partial charge in [-0.3, -0.25) is 4.57 Å². The molecule has 2 heterocycles. The molecule has 1 aromatic carbocycles. The van der Waals surface area contributed by atoms with Crippen LogP contribution >= 0.6 is 11.3 Å². The number of aryl methyl sites for hydroxylation is 2. The Morgan fingerprint density at radius 3 is 2.83 bits per heavy atom. The van der Waals surface area contributed by atoms with Crippen LogP contribution in [0.3, 0.4) is 0 Å². The van der Waals surface area contributed by atoms with Gasteiger partial charge in [-0.15, -0.1) is 11.3 Å². The molecule has 0 amide bonds. The first-order valence-corrected chi connectivity index (χ1v) is 9.79. The molecule has 0 radical (unpaired) electrons. The van der Waals surface area contributed by atoms with Crippen molar-refractivity contribution in [2.45, 2.75) is 31.2 Å². The van der Waals surface area contributed by atoms with Gasteiger partial charge in [0, 0.05) is 23.5 Å². The molecule has 2 aromatic heterocycles. The van der Waals surface area contributed by atoms with Gasteiger partial charge in [0.15, 0.2) is 0 Å². The van der Waals surface area contributed by atoms with Crippen molar-refractivity contribution in [2.75, 3.05) is 0 Å². The molecule has 120 valence electrons. The van der Waals surface area contributed by atoms with Crippen LogP contribution in [-0.4, -0.2) is 23.0 Å². The zero-order chi connectivity index (χ0) is 16.4. The number of nitrogens with zero attached hydrogens (tertiary/aromatic N) is 3. The third kappa shape index (κ3) is 3.35. The minimum atomic E-state index is -3.56. The van der Waals surface area contributed by atoms with E-state index < -0.39 is 9.84 Å². The van der Waals surface area contributed by atoms with E-state index in [0.717, 1.165) is 22.7 Å². The summed E-state index contributed by atoms with van der Waals surface area (Å²) in [4.78, 5) is 8.41. The lowest BCUT2D eigenvalue weighted by atomic mass is 10.2. The smallest absolute Gasteiger partial charge is 0.232 e. The summed E-state index contributed by atoms with van der Waals surface area (Å²) in [5.41, 5.74) is 2.42. The average molecular weight is 347 g/mol. The first-order valence-electron chi connectivity index (χ1n) is 7.26. The summed E-state index contributed by atoms with van der Waals surface area (Å²) in [6.07, 6.45) is 3.98. The number of hydrogen-bond donors (Lipinski definition) is 0. The van der Waals surface area contributed by atoms with E-state index in [0.29, 0.717) is 5.69 Å². The maximum Gasteiger partial charge on any atom is 0.232 e. The molecule has 0 atom stereocenters. The summed E-state index contributed by atoms with van der Waals surface area (Å²) in [5.74, 6) is -0.133. The van der Waals surface area contributed by atoms with Gasteiger partial charge in [-0.2, -0.15) is 0 Å². The van der Waals surface area contributed by atoms with Crippen LogP contribution < -0.4 is 0 Å². The Bertz CT molecular complexity index is 926. The largest absolute Gasteiger partial charge is 0.291 e. The molecule has 0 spiro atoms. The van der Waals surface area contributed by atoms with E-state index in [4.69, 9.17) is 0 Å². The van der Waals surface area contributed by atoms with Crippen molar-refractivity contribution >= 4 is 21.2 Å². The lowest BCUT2D eigenvalue weighted by molar-refractivity contribution is 0.583. The fraction of sp³-hybridized carbons (Fsp3) is 0.250. The summed E-state index contributed by atoms with van der Waals surface area (Å²) in [6.45, 7) is 3.97. The zero-order valence-electron chi connectivity index (χ0n) is 12.9. The van der Waals surface area contributed by atoms with Crippen LogP contribution in [0.5, 0.6) is 0 Å². The Morgan fingerprint density at radius 1 is 1.30 bits per heavy atom. The first kappa shape index (κ1) is 15.9. The zero-order valence-corrected chi connectivity index (χ0v) is 14.6. The molecular weight excluding hydrogens is 330 g/mol. The highest BCUT2D eigenvalue weighted by atomic mass is 32.2. The Morgan fingerprint density at radius 2 is 2.13 bits per heavy atom. The van der Waals surface area contributed by atoms with Crippen molar-refractivity contribution in [1.29, 1.82) is 0 Å². The highest BCUT2D eigenvalue weighted by Gasteiger charge is 2.23. The lowest BCUT2D eigenvalue weighted by Crippen LogP contribution is -2.12. The van der Waals surface area contributed by atoms with Crippen molar-refractivity contribution in [3.8, 4) is 5.69 Å². The van der Waals surface area contributed by atoms with Gasteiger partial charge in [-0.25, -0.2) is 18.4 Å². The first-order chi connectivity index (χ1) is 11.0. The monoisotopic (exact) mass is 347 g/mol. The topological polar surface area (TPSA) is 64.8 Å². The fourth-order valence-electron chi connectivity index (χ4n) is 2.33. The molecule has 0 aliphatic carbocycles. The third-order valence-electron chi connectivity index (χ3n) is 3.40. The van der Waals surface area contributed by atoms with E-state index in [1.165, 1.54) is 17.5 Å². The highest BCUT2D eigenvalue weighted by Crippen LogP contribution is 2.21. The van der Waals surface area contributed by atoms with Crippen molar-refractivity contribution < 1.29 is 8.42 Å². The van der Waals surface area contributed by atoms with Crippen LogP contribution in [0.2, 0.25) is 0 Å². The van der Waals surface area contributed by atoms with Crippen LogP contribution in [-0.2, 0) is 22.0 Å². The third-order valence-corrected chi connectivity index (χ3v) is 5.98. The molecule has 23 heavy (non-hydrogen) atoms. The molecule has 0 saturated carbocycles. The van der Waals surface area contributed by atoms with E-state index >= 15 is 0 Å². The second-order valence-corrected chi connectivity index (χ2v) is 8.09. The second-order valence-electron chi connectivity index (χ2n) is 5.26. The Hall–Kier alpha value is -1.99. The quantitative estimate of drug-likeness (QED) is 0.711. The van der Waals surface area contributed by atoms with E-state index in [-0.39, 0.29) is 10.9 Å². The van der Waals surface area contributed by atoms with Gasteiger partial charge < -0.3 is 0 Å². The molecule has 0 saturated heterocycles. The Kier molecular flexibility index (Phi) is 4.32. The molecule has 5 nitrogen and oxygen atoms in total. The maximum atomic E-state index is 12.7. The number of imidazole rings is 1. The number of rotatable bonds is 5. The standard InChI is InChI=1S/C16H17N3O2S2/c1-3-15-18-13(10-22-15)11-23(20,21)16-17-7-8-19(16)14-6-4-5-12(2)9-14/h4-10H,3,11H2,1-2H3. The van der Waals surface area contributed by atoms with E-state index in [2.05, 4.69) is 9.97 Å². The van der Waals surface area contributed by atoms with Crippen molar-refractivity contribution in [3.63, 3.8) is 0 Å². The van der Waals surface area contributed by atoms with Gasteiger partial charge in [-0.1, -0.05) is 19.1 Å². The molecule has 3 aromatic rings. The minimum Gasteiger partial charge on any atom is -0.291 e. The Balaban J connectivity index is 1.96. The van der Waals surface area contributed by atoms with Gasteiger partial charge in [0.2, 0.25) is 15.0 Å². The molecule has 0 bridgehead atoms. The van der Waals surface area contributed by atoms with Crippen LogP contribution in [0.25, 0.3) is 5.69 Å². The van der Waals surface area contributed by atoms with Crippen molar-refractivity contribution in [2.24, 2.45) is 0 Å². The summed E-state index contributed by atoms with van der Waals surface area (Å²) in [6, 6.07) is 7.66. The number of hydrogen-bond acceptors (Lipinski definition) is 5. The van der Waals surface area contributed by atoms with E-state index in [9.17, 15) is 8.42 Å². The normalized spacial score (nSPS) is 11.7. The summed E-state index contributed by atoms with van der Waals surface area (Å²) in [5, 5.41) is 2.79. The van der Waals surface area contributed by atoms with E-state index in [1.807, 2.05) is 38.1 Å². The molecule has 0 unspecified atom stereocenters. The molecule has 0 aliphatic heterocycles. The summed E-state index contributed by atoms with van der Waals surface area (Å²) < 4.78 is 27.0. The van der Waals surface area contributed by atoms with E-state index in [1.54, 1.807) is 16.1 Å². The van der Waals surface area contributed by atoms with Crippen LogP contribution in [0.15, 0.2) is 47.2 Å². The average Bonchev–Trinajstić information content (AvgIpc) is 3.15. The van der Waals surface area contributed by atoms with Crippen molar-refractivity contribution in [3.05, 3.63) is 58.3 Å². The molecular formula is C16H17N3O2S2. The molecule has 0 aliphatic rings. The maximum absolute atomic E-state index is 12.7. The number of sulfone groups is 1. The van der Waals surface area contributed by atoms with Gasteiger partial charge in [0.05, 0.1) is 10.7 Å². The summed E-state index contributed by atoms with van der Waals surface area (Å²) >= 11 is 1.49. The second kappa shape index (κ2) is 6.25. The predicted octanol–water partition coefficient (Wildman–Crippen LogP) is 3.17.